The Bertz CT molecular complexity index is 380. The second kappa shape index (κ2) is 9.50. The van der Waals surface area contributed by atoms with Crippen LogP contribution in [0, 0.1) is 0 Å². The molecule has 0 fully saturated rings. The summed E-state index contributed by atoms with van der Waals surface area (Å²) in [5.41, 5.74) is 5.73. The largest absolute Gasteiger partial charge is 0.365 e. The first-order valence-corrected chi connectivity index (χ1v) is 7.10. The Balaban J connectivity index is 2.12. The monoisotopic (exact) mass is 265 g/mol. The van der Waals surface area contributed by atoms with Crippen LogP contribution in [0.3, 0.4) is 0 Å². The Labute approximate surface area is 115 Å². The van der Waals surface area contributed by atoms with Gasteiger partial charge in [0.2, 0.25) is 0 Å². The fraction of sp³-hybridized carbons (Fsp3) is 0.600. The van der Waals surface area contributed by atoms with Crippen LogP contribution in [0.5, 0.6) is 0 Å². The van der Waals surface area contributed by atoms with Crippen LogP contribution >= 0.6 is 0 Å². The number of primary amides is 1. The summed E-state index contributed by atoms with van der Waals surface area (Å²) in [6, 6.07) is 3.50. The maximum atomic E-state index is 11.0. The first-order chi connectivity index (χ1) is 9.24. The molecule has 0 unspecified atom stereocenters. The standard InChI is InChI=1S/C15H24N2O2/c1-2-3-4-5-6-7-11-19-13-17-10-8-9-14(12-17)15(16)18/h8-10,12H,2-7,11,13H2,1H3,(H-,16,18)/p+1. The zero-order valence-corrected chi connectivity index (χ0v) is 11.8. The number of nitrogens with two attached hydrogens (primary N) is 1. The third-order valence-electron chi connectivity index (χ3n) is 3.03. The number of carbonyl (C=O) groups is 1. The van der Waals surface area contributed by atoms with Crippen LogP contribution in [0.2, 0.25) is 0 Å². The molecule has 0 spiro atoms. The summed E-state index contributed by atoms with van der Waals surface area (Å²) in [7, 11) is 0. The average Bonchev–Trinajstić information content (AvgIpc) is 2.42. The highest BCUT2D eigenvalue weighted by Gasteiger charge is 2.06. The summed E-state index contributed by atoms with van der Waals surface area (Å²) in [5.74, 6) is -0.412. The molecule has 19 heavy (non-hydrogen) atoms. The van der Waals surface area contributed by atoms with E-state index in [1.165, 1.54) is 32.1 Å². The van der Waals surface area contributed by atoms with E-state index in [2.05, 4.69) is 6.92 Å². The molecule has 1 heterocycles. The Morgan fingerprint density at radius 3 is 2.74 bits per heavy atom. The molecule has 0 saturated carbocycles. The van der Waals surface area contributed by atoms with Gasteiger partial charge < -0.3 is 10.5 Å². The predicted molar refractivity (Wildman–Crippen MR) is 74.5 cm³/mol. The highest BCUT2D eigenvalue weighted by Crippen LogP contribution is 2.04. The molecule has 1 rings (SSSR count). The van der Waals surface area contributed by atoms with Gasteiger partial charge in [-0.05, 0) is 12.5 Å². The predicted octanol–water partition coefficient (Wildman–Crippen LogP) is 2.41. The van der Waals surface area contributed by atoms with Gasteiger partial charge in [-0.1, -0.05) is 39.0 Å². The molecule has 106 valence electrons. The molecule has 0 aliphatic rings. The van der Waals surface area contributed by atoms with Gasteiger partial charge in [0.25, 0.3) is 12.6 Å². The molecule has 0 aliphatic carbocycles. The van der Waals surface area contributed by atoms with Crippen molar-refractivity contribution in [3.63, 3.8) is 0 Å². The first kappa shape index (κ1) is 15.6. The minimum atomic E-state index is -0.412. The molecule has 0 radical (unpaired) electrons. The van der Waals surface area contributed by atoms with E-state index in [4.69, 9.17) is 10.5 Å². The van der Waals surface area contributed by atoms with Crippen LogP contribution in [-0.4, -0.2) is 12.5 Å². The Morgan fingerprint density at radius 2 is 2.00 bits per heavy atom. The fourth-order valence-electron chi connectivity index (χ4n) is 1.90. The van der Waals surface area contributed by atoms with Crippen LogP contribution in [0.25, 0.3) is 0 Å². The summed E-state index contributed by atoms with van der Waals surface area (Å²) in [6.45, 7) is 3.45. The fourth-order valence-corrected chi connectivity index (χ4v) is 1.90. The van der Waals surface area contributed by atoms with Gasteiger partial charge in [0.1, 0.15) is 5.56 Å². The van der Waals surface area contributed by atoms with Crippen molar-refractivity contribution in [2.75, 3.05) is 6.61 Å². The van der Waals surface area contributed by atoms with Gasteiger partial charge in [0.15, 0.2) is 12.4 Å². The molecule has 1 amide bonds. The van der Waals surface area contributed by atoms with Crippen molar-refractivity contribution in [1.82, 2.24) is 0 Å². The van der Waals surface area contributed by atoms with E-state index < -0.39 is 5.91 Å². The quantitative estimate of drug-likeness (QED) is 0.521. The highest BCUT2D eigenvalue weighted by atomic mass is 16.5. The molecule has 0 aliphatic heterocycles. The second-order valence-corrected chi connectivity index (χ2v) is 4.78. The number of nitrogens with zero attached hydrogens (tertiary/aromatic N) is 1. The van der Waals surface area contributed by atoms with Crippen molar-refractivity contribution in [2.45, 2.75) is 52.2 Å². The van der Waals surface area contributed by atoms with Gasteiger partial charge in [0.05, 0.1) is 6.61 Å². The molecular weight excluding hydrogens is 240 g/mol. The number of unbranched alkanes of at least 4 members (excludes halogenated alkanes) is 5. The number of hydrogen-bond donors (Lipinski definition) is 1. The SMILES string of the molecule is CCCCCCCCOC[n+]1cccc(C(N)=O)c1. The summed E-state index contributed by atoms with van der Waals surface area (Å²) in [4.78, 5) is 11.0. The molecule has 4 heteroatoms. The minimum absolute atomic E-state index is 0.412. The lowest BCUT2D eigenvalue weighted by molar-refractivity contribution is -0.732. The summed E-state index contributed by atoms with van der Waals surface area (Å²) >= 11 is 0. The number of ether oxygens (including phenoxy) is 1. The van der Waals surface area contributed by atoms with Gasteiger partial charge in [-0.3, -0.25) is 4.79 Å². The maximum absolute atomic E-state index is 11.0. The van der Waals surface area contributed by atoms with Gasteiger partial charge >= 0.3 is 0 Å². The van der Waals surface area contributed by atoms with E-state index in [-0.39, 0.29) is 0 Å². The van der Waals surface area contributed by atoms with Crippen molar-refractivity contribution in [2.24, 2.45) is 5.73 Å². The van der Waals surface area contributed by atoms with E-state index in [1.807, 2.05) is 10.8 Å². The minimum Gasteiger partial charge on any atom is -0.365 e. The van der Waals surface area contributed by atoms with Crippen molar-refractivity contribution >= 4 is 5.91 Å². The normalized spacial score (nSPS) is 10.6. The zero-order valence-electron chi connectivity index (χ0n) is 11.8. The summed E-state index contributed by atoms with van der Waals surface area (Å²) in [5, 5.41) is 0. The van der Waals surface area contributed by atoms with Crippen LogP contribution in [0.15, 0.2) is 24.5 Å². The van der Waals surface area contributed by atoms with E-state index >= 15 is 0 Å². The Kier molecular flexibility index (Phi) is 7.82. The smallest absolute Gasteiger partial charge is 0.254 e. The number of amides is 1. The van der Waals surface area contributed by atoms with E-state index in [1.54, 1.807) is 18.3 Å². The van der Waals surface area contributed by atoms with Gasteiger partial charge in [-0.25, -0.2) is 0 Å². The molecule has 0 bridgehead atoms. The van der Waals surface area contributed by atoms with Crippen molar-refractivity contribution in [3.8, 4) is 0 Å². The Hall–Kier alpha value is -1.42. The zero-order chi connectivity index (χ0) is 13.9. The van der Waals surface area contributed by atoms with Crippen LogP contribution < -0.4 is 10.3 Å². The van der Waals surface area contributed by atoms with Gasteiger partial charge in [-0.2, -0.15) is 4.57 Å². The van der Waals surface area contributed by atoms with Crippen LogP contribution in [0.4, 0.5) is 0 Å². The van der Waals surface area contributed by atoms with E-state index in [0.717, 1.165) is 13.0 Å². The molecular formula is C15H25N2O2+. The molecule has 0 atom stereocenters. The lowest BCUT2D eigenvalue weighted by atomic mass is 10.1. The van der Waals surface area contributed by atoms with Crippen molar-refractivity contribution in [1.29, 1.82) is 0 Å². The van der Waals surface area contributed by atoms with Crippen molar-refractivity contribution < 1.29 is 14.1 Å². The maximum Gasteiger partial charge on any atom is 0.254 e. The number of aromatic nitrogens is 1. The molecule has 0 aromatic carbocycles. The number of carbonyl (C=O) groups excluding carboxylic acids is 1. The first-order valence-electron chi connectivity index (χ1n) is 7.10. The third-order valence-corrected chi connectivity index (χ3v) is 3.03. The van der Waals surface area contributed by atoms with Crippen LogP contribution in [0.1, 0.15) is 55.8 Å². The third kappa shape index (κ3) is 6.91. The highest BCUT2D eigenvalue weighted by molar-refractivity contribution is 5.92. The Morgan fingerprint density at radius 1 is 1.26 bits per heavy atom. The average molecular weight is 265 g/mol. The second-order valence-electron chi connectivity index (χ2n) is 4.78. The van der Waals surface area contributed by atoms with E-state index in [0.29, 0.717) is 12.3 Å². The molecule has 2 N–H and O–H groups in total. The number of rotatable bonds is 10. The molecule has 1 aromatic heterocycles. The van der Waals surface area contributed by atoms with Gasteiger partial charge in [0, 0.05) is 6.07 Å². The lowest BCUT2D eigenvalue weighted by Crippen LogP contribution is -2.36. The molecule has 1 aromatic rings. The number of pyridine rings is 1. The summed E-state index contributed by atoms with van der Waals surface area (Å²) in [6.07, 6.45) is 11.1. The lowest BCUT2D eigenvalue weighted by Gasteiger charge is -2.02. The van der Waals surface area contributed by atoms with E-state index in [9.17, 15) is 4.79 Å². The summed E-state index contributed by atoms with van der Waals surface area (Å²) < 4.78 is 7.40. The van der Waals surface area contributed by atoms with Crippen molar-refractivity contribution in [3.05, 3.63) is 30.1 Å². The topological polar surface area (TPSA) is 56.2 Å². The van der Waals surface area contributed by atoms with Gasteiger partial charge in [-0.15, -0.1) is 0 Å². The molecule has 4 nitrogen and oxygen atoms in total. The number of hydrogen-bond acceptors (Lipinski definition) is 2. The molecule has 0 saturated heterocycles. The van der Waals surface area contributed by atoms with Crippen LogP contribution in [-0.2, 0) is 11.5 Å².